The number of aryl methyl sites for hydroxylation is 2. The smallest absolute Gasteiger partial charge is 0.0470 e. The molecule has 0 unspecified atom stereocenters. The quantitative estimate of drug-likeness (QED) is 0.119. The third-order valence-electron chi connectivity index (χ3n) is 14.6. The van der Waals surface area contributed by atoms with Gasteiger partial charge in [0.25, 0.3) is 0 Å². The van der Waals surface area contributed by atoms with Crippen LogP contribution in [0.5, 0.6) is 0 Å². The summed E-state index contributed by atoms with van der Waals surface area (Å²) in [5, 5.41) is 0. The Hall–Kier alpha value is -4.88. The molecule has 0 atom stereocenters. The average molecular weight is 848 g/mol. The Kier molecular flexibility index (Phi) is 13.0. The first kappa shape index (κ1) is 45.7. The molecule has 0 heterocycles. The van der Waals surface area contributed by atoms with Crippen molar-refractivity contribution in [3.05, 3.63) is 160 Å². The lowest BCUT2D eigenvalue weighted by molar-refractivity contribution is 0.443. The van der Waals surface area contributed by atoms with Crippen LogP contribution in [0, 0.1) is 11.8 Å². The summed E-state index contributed by atoms with van der Waals surface area (Å²) in [4.78, 5) is 2.55. The predicted molar refractivity (Wildman–Crippen MR) is 279 cm³/mol. The van der Waals surface area contributed by atoms with Gasteiger partial charge in [-0.25, -0.2) is 0 Å². The van der Waals surface area contributed by atoms with Gasteiger partial charge in [0, 0.05) is 22.5 Å². The van der Waals surface area contributed by atoms with Crippen molar-refractivity contribution in [2.45, 2.75) is 163 Å². The van der Waals surface area contributed by atoms with Crippen LogP contribution in [-0.2, 0) is 29.1 Å². The van der Waals surface area contributed by atoms with E-state index in [1.165, 1.54) is 134 Å². The maximum atomic E-state index is 2.55. The van der Waals surface area contributed by atoms with Gasteiger partial charge in [0.05, 0.1) is 0 Å². The lowest BCUT2D eigenvalue weighted by Crippen LogP contribution is -2.17. The summed E-state index contributed by atoms with van der Waals surface area (Å²) in [6, 6.07) is 48.3. The molecule has 1 heteroatoms. The molecule has 1 saturated carbocycles. The SMILES string of the molecule is CC(C)CCc1cc(CCC(C)C)cc(-c2cc(-c3cc(N(c4ccc(C5CCCCC5)cc4)c4ccc5c(c4)C(C)(C)c4ccccc4-5)cc(C(C)(C)C)c3)cc(C(C)(C)C)c2)c1. The van der Waals surface area contributed by atoms with Gasteiger partial charge in [0.1, 0.15) is 0 Å². The van der Waals surface area contributed by atoms with E-state index in [1.807, 2.05) is 0 Å². The summed E-state index contributed by atoms with van der Waals surface area (Å²) < 4.78 is 0. The van der Waals surface area contributed by atoms with E-state index in [0.717, 1.165) is 12.8 Å². The molecule has 334 valence electrons. The van der Waals surface area contributed by atoms with Gasteiger partial charge in [0.2, 0.25) is 0 Å². The normalized spacial score (nSPS) is 15.2. The molecule has 0 saturated heterocycles. The molecule has 0 radical (unpaired) electrons. The number of fused-ring (bicyclic) bond motifs is 3. The Morgan fingerprint density at radius 1 is 0.500 bits per heavy atom. The van der Waals surface area contributed by atoms with Crippen LogP contribution in [0.25, 0.3) is 33.4 Å². The number of rotatable bonds is 12. The molecule has 0 N–H and O–H groups in total. The van der Waals surface area contributed by atoms with Crippen molar-refractivity contribution < 1.29 is 0 Å². The van der Waals surface area contributed by atoms with Gasteiger partial charge in [-0.05, 0) is 182 Å². The number of hydrogen-bond donors (Lipinski definition) is 0. The van der Waals surface area contributed by atoms with E-state index in [-0.39, 0.29) is 16.2 Å². The standard InChI is InChI=1S/C63H77N/c1-42(2)22-24-44-32-45(25-23-43(3)4)34-48(33-44)49-35-50(37-52(36-49)61(5,6)7)51-38-53(62(8,9)10)40-56(39-51)64(54-28-26-47(27-29-54)46-18-14-13-15-19-46)55-30-31-58-57-20-16-17-21-59(57)63(11,12)60(58)41-55/h16-17,20-21,26-43,46H,13-15,18-19,22-25H2,1-12H3. The fourth-order valence-electron chi connectivity index (χ4n) is 10.5. The van der Waals surface area contributed by atoms with E-state index in [0.29, 0.717) is 17.8 Å². The van der Waals surface area contributed by atoms with E-state index < -0.39 is 0 Å². The molecule has 0 aromatic heterocycles. The van der Waals surface area contributed by atoms with Gasteiger partial charge in [0.15, 0.2) is 0 Å². The predicted octanol–water partition coefficient (Wildman–Crippen LogP) is 18.6. The number of hydrogen-bond acceptors (Lipinski definition) is 1. The summed E-state index contributed by atoms with van der Waals surface area (Å²) in [6.07, 6.45) is 11.3. The summed E-state index contributed by atoms with van der Waals surface area (Å²) in [5.74, 6) is 2.02. The van der Waals surface area contributed by atoms with Gasteiger partial charge >= 0.3 is 0 Å². The molecule has 64 heavy (non-hydrogen) atoms. The molecule has 8 rings (SSSR count). The first-order valence-corrected chi connectivity index (χ1v) is 24.9. The Labute approximate surface area is 388 Å². The van der Waals surface area contributed by atoms with Crippen molar-refractivity contribution in [2.24, 2.45) is 11.8 Å². The van der Waals surface area contributed by atoms with E-state index in [9.17, 15) is 0 Å². The van der Waals surface area contributed by atoms with Gasteiger partial charge < -0.3 is 4.90 Å². The van der Waals surface area contributed by atoms with Gasteiger partial charge in [-0.15, -0.1) is 0 Å². The first-order chi connectivity index (χ1) is 30.3. The zero-order chi connectivity index (χ0) is 45.6. The van der Waals surface area contributed by atoms with Crippen LogP contribution in [0.3, 0.4) is 0 Å². The summed E-state index contributed by atoms with van der Waals surface area (Å²) >= 11 is 0. The van der Waals surface area contributed by atoms with E-state index in [2.05, 4.69) is 209 Å². The van der Waals surface area contributed by atoms with Crippen molar-refractivity contribution >= 4 is 17.1 Å². The van der Waals surface area contributed by atoms with Crippen LogP contribution in [0.2, 0.25) is 0 Å². The summed E-state index contributed by atoms with van der Waals surface area (Å²) in [7, 11) is 0. The fraction of sp³-hybridized carbons (Fsp3) is 0.429. The third kappa shape index (κ3) is 9.85. The molecular formula is C63H77N. The minimum Gasteiger partial charge on any atom is -0.310 e. The van der Waals surface area contributed by atoms with Crippen molar-refractivity contribution in [1.29, 1.82) is 0 Å². The molecular weight excluding hydrogens is 771 g/mol. The van der Waals surface area contributed by atoms with Gasteiger partial charge in [-0.2, -0.15) is 0 Å². The Balaban J connectivity index is 1.31. The third-order valence-corrected chi connectivity index (χ3v) is 14.6. The summed E-state index contributed by atoms with van der Waals surface area (Å²) in [5.41, 5.74) is 21.3. The van der Waals surface area contributed by atoms with Crippen molar-refractivity contribution in [2.75, 3.05) is 4.90 Å². The molecule has 1 fully saturated rings. The zero-order valence-electron chi connectivity index (χ0n) is 41.6. The molecule has 6 aromatic carbocycles. The highest BCUT2D eigenvalue weighted by molar-refractivity contribution is 5.87. The largest absolute Gasteiger partial charge is 0.310 e. The van der Waals surface area contributed by atoms with E-state index >= 15 is 0 Å². The van der Waals surface area contributed by atoms with Gasteiger partial charge in [-0.3, -0.25) is 0 Å². The Morgan fingerprint density at radius 3 is 1.59 bits per heavy atom. The van der Waals surface area contributed by atoms with Crippen LogP contribution >= 0.6 is 0 Å². The minimum absolute atomic E-state index is 0.0220. The molecule has 0 bridgehead atoms. The number of anilines is 3. The lowest BCUT2D eigenvalue weighted by Gasteiger charge is -2.31. The molecule has 6 aromatic rings. The van der Waals surface area contributed by atoms with Crippen LogP contribution in [0.4, 0.5) is 17.1 Å². The Morgan fingerprint density at radius 2 is 1.02 bits per heavy atom. The maximum Gasteiger partial charge on any atom is 0.0470 e. The fourth-order valence-corrected chi connectivity index (χ4v) is 10.5. The minimum atomic E-state index is -0.0958. The second kappa shape index (κ2) is 18.2. The van der Waals surface area contributed by atoms with Crippen molar-refractivity contribution in [1.82, 2.24) is 0 Å². The summed E-state index contributed by atoms with van der Waals surface area (Å²) in [6.45, 7) is 28.4. The van der Waals surface area contributed by atoms with Crippen LogP contribution in [0.1, 0.15) is 173 Å². The molecule has 1 nitrogen and oxygen atoms in total. The van der Waals surface area contributed by atoms with Crippen molar-refractivity contribution in [3.8, 4) is 33.4 Å². The molecule has 0 aliphatic heterocycles. The second-order valence-corrected chi connectivity index (χ2v) is 23.1. The van der Waals surface area contributed by atoms with Crippen LogP contribution < -0.4 is 4.90 Å². The van der Waals surface area contributed by atoms with Crippen LogP contribution in [0.15, 0.2) is 121 Å². The van der Waals surface area contributed by atoms with Gasteiger partial charge in [-0.1, -0.05) is 181 Å². The van der Waals surface area contributed by atoms with E-state index in [4.69, 9.17) is 0 Å². The van der Waals surface area contributed by atoms with Crippen LogP contribution in [-0.4, -0.2) is 0 Å². The average Bonchev–Trinajstić information content (AvgIpc) is 3.50. The highest BCUT2D eigenvalue weighted by Crippen LogP contribution is 2.51. The molecule has 2 aliphatic rings. The second-order valence-electron chi connectivity index (χ2n) is 23.1. The zero-order valence-corrected chi connectivity index (χ0v) is 41.6. The molecule has 2 aliphatic carbocycles. The topological polar surface area (TPSA) is 3.24 Å². The first-order valence-electron chi connectivity index (χ1n) is 24.9. The van der Waals surface area contributed by atoms with E-state index in [1.54, 1.807) is 0 Å². The number of nitrogens with zero attached hydrogens (tertiary/aromatic N) is 1. The monoisotopic (exact) mass is 848 g/mol. The highest BCUT2D eigenvalue weighted by atomic mass is 15.1. The highest BCUT2D eigenvalue weighted by Gasteiger charge is 2.36. The maximum absolute atomic E-state index is 2.55. The lowest BCUT2D eigenvalue weighted by atomic mass is 9.81. The number of benzene rings is 6. The molecule has 0 spiro atoms. The molecule has 0 amide bonds. The van der Waals surface area contributed by atoms with Crippen molar-refractivity contribution in [3.63, 3.8) is 0 Å². The Bertz CT molecular complexity index is 2550.